The zero-order valence-electron chi connectivity index (χ0n) is 25.0. The van der Waals surface area contributed by atoms with Crippen LogP contribution in [0, 0.1) is 52.3 Å². The summed E-state index contributed by atoms with van der Waals surface area (Å²) < 4.78 is 5.87. The molecule has 0 radical (unpaired) electrons. The molecule has 212 valence electrons. The van der Waals surface area contributed by atoms with E-state index in [9.17, 15) is 9.90 Å². The molecule has 37 heavy (non-hydrogen) atoms. The van der Waals surface area contributed by atoms with Gasteiger partial charge in [0.2, 0.25) is 0 Å². The zero-order valence-corrected chi connectivity index (χ0v) is 25.0. The van der Waals surface area contributed by atoms with Crippen molar-refractivity contribution in [3.63, 3.8) is 0 Å². The fraction of sp³-hybridized carbons (Fsp3) is 0.909. The summed E-state index contributed by atoms with van der Waals surface area (Å²) in [6.45, 7) is 16.4. The molecule has 0 aliphatic heterocycles. The minimum absolute atomic E-state index is 0.0428. The van der Waals surface area contributed by atoms with Gasteiger partial charge in [0.1, 0.15) is 6.10 Å². The first-order valence-electron chi connectivity index (χ1n) is 15.8. The van der Waals surface area contributed by atoms with Crippen LogP contribution in [0.25, 0.3) is 0 Å². The van der Waals surface area contributed by atoms with Crippen LogP contribution in [0.1, 0.15) is 119 Å². The van der Waals surface area contributed by atoms with Crippen LogP contribution in [0.2, 0.25) is 0 Å². The van der Waals surface area contributed by atoms with Crippen molar-refractivity contribution in [1.82, 2.24) is 5.32 Å². The molecule has 3 saturated carbocycles. The maximum absolute atomic E-state index is 12.5. The van der Waals surface area contributed by atoms with Crippen molar-refractivity contribution < 1.29 is 14.6 Å². The summed E-state index contributed by atoms with van der Waals surface area (Å²) in [7, 11) is 0. The highest BCUT2D eigenvalue weighted by atomic mass is 16.6. The molecule has 4 aliphatic carbocycles. The van der Waals surface area contributed by atoms with Gasteiger partial charge in [0, 0.05) is 6.42 Å². The Labute approximate surface area is 227 Å². The van der Waals surface area contributed by atoms with Crippen molar-refractivity contribution in [1.29, 1.82) is 0 Å². The molecule has 0 aromatic rings. The lowest BCUT2D eigenvalue weighted by Gasteiger charge is -2.58. The van der Waals surface area contributed by atoms with Gasteiger partial charge in [-0.1, -0.05) is 79.4 Å². The number of hydrogen-bond acceptors (Lipinski definition) is 3. The van der Waals surface area contributed by atoms with Crippen molar-refractivity contribution >= 4 is 6.09 Å². The van der Waals surface area contributed by atoms with E-state index in [1.54, 1.807) is 5.57 Å². The summed E-state index contributed by atoms with van der Waals surface area (Å²) in [6.07, 6.45) is 16.2. The van der Waals surface area contributed by atoms with Crippen molar-refractivity contribution in [2.45, 2.75) is 131 Å². The van der Waals surface area contributed by atoms with Crippen molar-refractivity contribution in [3.05, 3.63) is 11.6 Å². The van der Waals surface area contributed by atoms with Crippen molar-refractivity contribution in [2.24, 2.45) is 52.3 Å². The molecule has 0 heterocycles. The Morgan fingerprint density at radius 1 is 1.05 bits per heavy atom. The molecule has 0 aromatic heterocycles. The second-order valence-corrected chi connectivity index (χ2v) is 14.7. The van der Waals surface area contributed by atoms with Gasteiger partial charge in [-0.2, -0.15) is 0 Å². The second kappa shape index (κ2) is 11.6. The molecule has 4 rings (SSSR count). The van der Waals surface area contributed by atoms with E-state index in [1.807, 2.05) is 13.8 Å². The number of allylic oxidation sites excluding steroid dienone is 1. The maximum Gasteiger partial charge on any atom is 0.407 e. The number of fused-ring (bicyclic) bond motifs is 5. The summed E-state index contributed by atoms with van der Waals surface area (Å²) in [4.78, 5) is 12.5. The molecule has 4 aliphatic rings. The van der Waals surface area contributed by atoms with E-state index < -0.39 is 0 Å². The minimum atomic E-state index is -0.372. The Morgan fingerprint density at radius 3 is 2.49 bits per heavy atom. The van der Waals surface area contributed by atoms with Gasteiger partial charge in [0.25, 0.3) is 0 Å². The third kappa shape index (κ3) is 5.80. The Morgan fingerprint density at radius 2 is 1.81 bits per heavy atom. The van der Waals surface area contributed by atoms with Gasteiger partial charge in [-0.05, 0) is 97.2 Å². The fourth-order valence-electron chi connectivity index (χ4n) is 9.51. The summed E-state index contributed by atoms with van der Waals surface area (Å²) in [5.41, 5.74) is 2.35. The number of amides is 1. The standard InChI is InChI=1S/C33H57NO3/c1-21(2)9-8-10-23(5)27-13-14-28-26-12-11-24-19-25(37-31(36)34-30(20-35)22(3)4)15-17-32(24,6)29(26)16-18-33(27,28)7/h11,21-23,25-30,35H,8-10,12-20H2,1-7H3,(H,34,36)/t23-,25+,26?,27-,28?,29?,30?,32+,33-/m1/s1. The number of hydrogen-bond donors (Lipinski definition) is 2. The quantitative estimate of drug-likeness (QED) is 0.305. The molecule has 0 spiro atoms. The number of nitrogens with one attached hydrogen (secondary N) is 1. The molecule has 2 N–H and O–H groups in total. The Bertz CT molecular complexity index is 820. The average molecular weight is 516 g/mol. The first-order chi connectivity index (χ1) is 17.5. The predicted octanol–water partition coefficient (Wildman–Crippen LogP) is 8.14. The second-order valence-electron chi connectivity index (χ2n) is 14.7. The molecule has 4 unspecified atom stereocenters. The van der Waals surface area contributed by atoms with E-state index in [0.717, 1.165) is 54.8 Å². The molecule has 1 amide bonds. The van der Waals surface area contributed by atoms with E-state index >= 15 is 0 Å². The Kier molecular flexibility index (Phi) is 9.08. The number of ether oxygens (including phenoxy) is 1. The lowest BCUT2D eigenvalue weighted by atomic mass is 9.47. The molecule has 4 heteroatoms. The first kappa shape index (κ1) is 29.0. The van der Waals surface area contributed by atoms with E-state index in [0.29, 0.717) is 5.41 Å². The number of aliphatic hydroxyl groups excluding tert-OH is 1. The predicted molar refractivity (Wildman–Crippen MR) is 152 cm³/mol. The minimum Gasteiger partial charge on any atom is -0.446 e. The van der Waals surface area contributed by atoms with Crippen LogP contribution < -0.4 is 5.32 Å². The molecule has 3 fully saturated rings. The van der Waals surface area contributed by atoms with Crippen LogP contribution in [0.15, 0.2) is 11.6 Å². The normalized spacial score (nSPS) is 38.9. The third-order valence-electron chi connectivity index (χ3n) is 11.8. The van der Waals surface area contributed by atoms with E-state index in [-0.39, 0.29) is 36.2 Å². The zero-order chi connectivity index (χ0) is 27.0. The van der Waals surface area contributed by atoms with Crippen LogP contribution in [-0.4, -0.2) is 30.0 Å². The highest BCUT2D eigenvalue weighted by molar-refractivity contribution is 5.68. The van der Waals surface area contributed by atoms with Crippen LogP contribution in [0.3, 0.4) is 0 Å². The number of aliphatic hydroxyl groups is 1. The lowest BCUT2D eigenvalue weighted by Crippen LogP contribution is -2.51. The monoisotopic (exact) mass is 515 g/mol. The van der Waals surface area contributed by atoms with Crippen LogP contribution in [0.5, 0.6) is 0 Å². The molecule has 0 bridgehead atoms. The summed E-state index contributed by atoms with van der Waals surface area (Å²) in [5, 5.41) is 12.4. The van der Waals surface area contributed by atoms with E-state index in [1.165, 1.54) is 51.4 Å². The van der Waals surface area contributed by atoms with Gasteiger partial charge >= 0.3 is 6.09 Å². The SMILES string of the molecule is CC(C)CCC[C@@H](C)[C@H]1CCC2C3CC=C4C[C@@H](OC(=O)NC(CO)C(C)C)CC[C@]4(C)C3CC[C@@]21C. The average Bonchev–Trinajstić information content (AvgIpc) is 3.19. The molecular formula is C33H57NO3. The number of carbonyl (C=O) groups is 1. The smallest absolute Gasteiger partial charge is 0.407 e. The fourth-order valence-corrected chi connectivity index (χ4v) is 9.51. The molecule has 9 atom stereocenters. The van der Waals surface area contributed by atoms with Crippen molar-refractivity contribution in [3.8, 4) is 0 Å². The summed E-state index contributed by atoms with van der Waals surface area (Å²) in [6, 6.07) is -0.249. The van der Waals surface area contributed by atoms with Gasteiger partial charge in [-0.15, -0.1) is 0 Å². The van der Waals surface area contributed by atoms with Gasteiger partial charge in [0.15, 0.2) is 0 Å². The third-order valence-corrected chi connectivity index (χ3v) is 11.8. The van der Waals surface area contributed by atoms with E-state index in [4.69, 9.17) is 4.74 Å². The van der Waals surface area contributed by atoms with E-state index in [2.05, 4.69) is 46.0 Å². The molecule has 4 nitrogen and oxygen atoms in total. The topological polar surface area (TPSA) is 58.6 Å². The highest BCUT2D eigenvalue weighted by Gasteiger charge is 2.59. The summed E-state index contributed by atoms with van der Waals surface area (Å²) >= 11 is 0. The van der Waals surface area contributed by atoms with Crippen LogP contribution in [0.4, 0.5) is 4.79 Å². The number of carbonyl (C=O) groups excluding carboxylic acids is 1. The first-order valence-corrected chi connectivity index (χ1v) is 15.8. The summed E-state index contributed by atoms with van der Waals surface area (Å²) in [5.74, 6) is 5.26. The largest absolute Gasteiger partial charge is 0.446 e. The van der Waals surface area contributed by atoms with Gasteiger partial charge in [0.05, 0.1) is 12.6 Å². The van der Waals surface area contributed by atoms with Gasteiger partial charge < -0.3 is 15.2 Å². The molecular weight excluding hydrogens is 458 g/mol. The lowest BCUT2D eigenvalue weighted by molar-refractivity contribution is -0.0583. The Balaban J connectivity index is 1.39. The Hall–Kier alpha value is -1.03. The van der Waals surface area contributed by atoms with Gasteiger partial charge in [-0.3, -0.25) is 0 Å². The maximum atomic E-state index is 12.5. The number of alkyl carbamates (subject to hydrolysis) is 1. The van der Waals surface area contributed by atoms with Crippen molar-refractivity contribution in [2.75, 3.05) is 6.61 Å². The molecule has 0 aromatic carbocycles. The van der Waals surface area contributed by atoms with Crippen LogP contribution in [-0.2, 0) is 4.74 Å². The highest BCUT2D eigenvalue weighted by Crippen LogP contribution is 2.67. The van der Waals surface area contributed by atoms with Crippen LogP contribution >= 0.6 is 0 Å². The molecule has 0 saturated heterocycles. The van der Waals surface area contributed by atoms with Gasteiger partial charge in [-0.25, -0.2) is 4.79 Å². The number of rotatable bonds is 9.